The lowest BCUT2D eigenvalue weighted by Crippen LogP contribution is -2.36. The molecule has 1 aliphatic heterocycles. The van der Waals surface area contributed by atoms with Gasteiger partial charge in [0.2, 0.25) is 5.95 Å². The highest BCUT2D eigenvalue weighted by Crippen LogP contribution is 2.16. The number of hydrogen-bond acceptors (Lipinski definition) is 4. The van der Waals surface area contributed by atoms with Crippen LogP contribution < -0.4 is 10.2 Å². The van der Waals surface area contributed by atoms with E-state index in [0.717, 1.165) is 17.4 Å². The molecule has 0 aromatic carbocycles. The number of hydrogen-bond donors (Lipinski definition) is 2. The van der Waals surface area contributed by atoms with E-state index in [0.29, 0.717) is 12.5 Å². The first-order valence-electron chi connectivity index (χ1n) is 4.87. The van der Waals surface area contributed by atoms with E-state index in [-0.39, 0.29) is 6.04 Å². The number of aromatic nitrogens is 2. The molecule has 0 saturated carbocycles. The normalized spacial score (nSPS) is 19.8. The van der Waals surface area contributed by atoms with Crippen molar-refractivity contribution in [3.63, 3.8) is 0 Å². The Bertz CT molecular complexity index is 384. The molecule has 0 spiro atoms. The largest absolute Gasteiger partial charge is 0.465 e. The van der Waals surface area contributed by atoms with Crippen LogP contribution in [0, 0.1) is 0 Å². The molecule has 7 heteroatoms. The van der Waals surface area contributed by atoms with Gasteiger partial charge in [0.25, 0.3) is 0 Å². The predicted molar refractivity (Wildman–Crippen MR) is 61.5 cm³/mol. The summed E-state index contributed by atoms with van der Waals surface area (Å²) in [6.45, 7) is 1.39. The molecule has 16 heavy (non-hydrogen) atoms. The molecule has 1 saturated heterocycles. The highest BCUT2D eigenvalue weighted by atomic mass is 79.9. The van der Waals surface area contributed by atoms with Gasteiger partial charge < -0.3 is 15.3 Å². The summed E-state index contributed by atoms with van der Waals surface area (Å²) in [7, 11) is 0. The van der Waals surface area contributed by atoms with Crippen molar-refractivity contribution in [2.24, 2.45) is 0 Å². The molecule has 2 rings (SSSR count). The van der Waals surface area contributed by atoms with Crippen LogP contribution in [0.1, 0.15) is 6.42 Å². The second-order valence-electron chi connectivity index (χ2n) is 3.58. The maximum atomic E-state index is 10.5. The molecule has 2 N–H and O–H groups in total. The van der Waals surface area contributed by atoms with Crippen molar-refractivity contribution >= 4 is 28.0 Å². The van der Waals surface area contributed by atoms with Gasteiger partial charge in [-0.3, -0.25) is 0 Å². The Balaban J connectivity index is 1.98. The number of nitrogens with one attached hydrogen (secondary N) is 1. The minimum atomic E-state index is -0.983. The SMILES string of the molecule is O=C(O)NC1CCN(c2ncc(Br)cn2)C1. The predicted octanol–water partition coefficient (Wildman–Crippen LogP) is 1.09. The third-order valence-corrected chi connectivity index (χ3v) is 2.81. The number of carboxylic acid groups (broad SMARTS) is 1. The van der Waals surface area contributed by atoms with Crippen LogP contribution in [-0.4, -0.2) is 40.3 Å². The Morgan fingerprint density at radius 1 is 1.56 bits per heavy atom. The molecule has 0 radical (unpaired) electrons. The Hall–Kier alpha value is -1.37. The number of carbonyl (C=O) groups is 1. The van der Waals surface area contributed by atoms with E-state index in [2.05, 4.69) is 31.2 Å². The van der Waals surface area contributed by atoms with Gasteiger partial charge in [-0.25, -0.2) is 14.8 Å². The van der Waals surface area contributed by atoms with E-state index in [1.54, 1.807) is 12.4 Å². The molecular formula is C9H11BrN4O2. The average molecular weight is 287 g/mol. The summed E-state index contributed by atoms with van der Waals surface area (Å²) >= 11 is 3.27. The molecule has 1 atom stereocenters. The Labute approximate surface area is 101 Å². The lowest BCUT2D eigenvalue weighted by Gasteiger charge is -2.15. The Morgan fingerprint density at radius 3 is 2.88 bits per heavy atom. The Kier molecular flexibility index (Phi) is 3.23. The van der Waals surface area contributed by atoms with Crippen LogP contribution in [-0.2, 0) is 0 Å². The summed E-state index contributed by atoms with van der Waals surface area (Å²) in [5.74, 6) is 0.637. The molecule has 1 amide bonds. The van der Waals surface area contributed by atoms with Crippen molar-refractivity contribution in [3.8, 4) is 0 Å². The van der Waals surface area contributed by atoms with Crippen molar-refractivity contribution in [1.29, 1.82) is 0 Å². The molecular weight excluding hydrogens is 276 g/mol. The van der Waals surface area contributed by atoms with Gasteiger partial charge in [0.05, 0.1) is 10.5 Å². The van der Waals surface area contributed by atoms with E-state index in [1.807, 2.05) is 4.90 Å². The topological polar surface area (TPSA) is 78.4 Å². The zero-order valence-electron chi connectivity index (χ0n) is 8.43. The molecule has 0 aliphatic carbocycles. The number of nitrogens with zero attached hydrogens (tertiary/aromatic N) is 3. The van der Waals surface area contributed by atoms with Gasteiger partial charge in [0.1, 0.15) is 0 Å². The molecule has 0 bridgehead atoms. The van der Waals surface area contributed by atoms with Gasteiger partial charge >= 0.3 is 6.09 Å². The zero-order chi connectivity index (χ0) is 11.5. The minimum Gasteiger partial charge on any atom is -0.465 e. The summed E-state index contributed by atoms with van der Waals surface area (Å²) in [4.78, 5) is 20.8. The zero-order valence-corrected chi connectivity index (χ0v) is 10.0. The van der Waals surface area contributed by atoms with Crippen LogP contribution in [0.15, 0.2) is 16.9 Å². The van der Waals surface area contributed by atoms with Crippen molar-refractivity contribution in [2.75, 3.05) is 18.0 Å². The van der Waals surface area contributed by atoms with Gasteiger partial charge in [-0.15, -0.1) is 0 Å². The monoisotopic (exact) mass is 286 g/mol. The maximum Gasteiger partial charge on any atom is 0.404 e. The second kappa shape index (κ2) is 4.65. The molecule has 1 unspecified atom stereocenters. The van der Waals surface area contributed by atoms with Crippen molar-refractivity contribution in [2.45, 2.75) is 12.5 Å². The Morgan fingerprint density at radius 2 is 2.25 bits per heavy atom. The fourth-order valence-corrected chi connectivity index (χ4v) is 1.91. The number of halogens is 1. The van der Waals surface area contributed by atoms with Crippen LogP contribution >= 0.6 is 15.9 Å². The first kappa shape index (κ1) is 11.1. The van der Waals surface area contributed by atoms with E-state index < -0.39 is 6.09 Å². The minimum absolute atomic E-state index is 0.0373. The fourth-order valence-electron chi connectivity index (χ4n) is 1.70. The third-order valence-electron chi connectivity index (χ3n) is 2.41. The van der Waals surface area contributed by atoms with Crippen LogP contribution in [0.3, 0.4) is 0 Å². The summed E-state index contributed by atoms with van der Waals surface area (Å²) in [6, 6.07) is -0.0373. The summed E-state index contributed by atoms with van der Waals surface area (Å²) in [5, 5.41) is 11.1. The molecule has 86 valence electrons. The molecule has 1 aromatic heterocycles. The average Bonchev–Trinajstić information content (AvgIpc) is 2.66. The molecule has 1 aliphatic rings. The van der Waals surface area contributed by atoms with Gasteiger partial charge in [0.15, 0.2) is 0 Å². The molecule has 1 aromatic rings. The van der Waals surface area contributed by atoms with E-state index in [9.17, 15) is 4.79 Å². The highest BCUT2D eigenvalue weighted by molar-refractivity contribution is 9.10. The smallest absolute Gasteiger partial charge is 0.404 e. The van der Waals surface area contributed by atoms with Crippen molar-refractivity contribution in [1.82, 2.24) is 15.3 Å². The van der Waals surface area contributed by atoms with Gasteiger partial charge in [-0.2, -0.15) is 0 Å². The van der Waals surface area contributed by atoms with E-state index in [1.165, 1.54) is 0 Å². The van der Waals surface area contributed by atoms with Crippen LogP contribution in [0.2, 0.25) is 0 Å². The molecule has 1 fully saturated rings. The lowest BCUT2D eigenvalue weighted by molar-refractivity contribution is 0.191. The van der Waals surface area contributed by atoms with Crippen LogP contribution in [0.25, 0.3) is 0 Å². The van der Waals surface area contributed by atoms with Gasteiger partial charge in [0, 0.05) is 25.5 Å². The summed E-state index contributed by atoms with van der Waals surface area (Å²) in [5.41, 5.74) is 0. The number of anilines is 1. The standard InChI is InChI=1S/C9H11BrN4O2/c10-6-3-11-8(12-4-6)14-2-1-7(5-14)13-9(15)16/h3-4,7,13H,1-2,5H2,(H,15,16). The van der Waals surface area contributed by atoms with Gasteiger partial charge in [-0.05, 0) is 22.4 Å². The maximum absolute atomic E-state index is 10.5. The van der Waals surface area contributed by atoms with Crippen LogP contribution in [0.5, 0.6) is 0 Å². The first-order chi connectivity index (χ1) is 7.65. The van der Waals surface area contributed by atoms with Crippen LogP contribution in [0.4, 0.5) is 10.7 Å². The van der Waals surface area contributed by atoms with Gasteiger partial charge in [-0.1, -0.05) is 0 Å². The summed E-state index contributed by atoms with van der Waals surface area (Å²) < 4.78 is 0.829. The highest BCUT2D eigenvalue weighted by Gasteiger charge is 2.25. The lowest BCUT2D eigenvalue weighted by atomic mass is 10.3. The first-order valence-corrected chi connectivity index (χ1v) is 5.66. The van der Waals surface area contributed by atoms with Crippen molar-refractivity contribution in [3.05, 3.63) is 16.9 Å². The molecule has 2 heterocycles. The second-order valence-corrected chi connectivity index (χ2v) is 4.50. The van der Waals surface area contributed by atoms with E-state index >= 15 is 0 Å². The van der Waals surface area contributed by atoms with Crippen molar-refractivity contribution < 1.29 is 9.90 Å². The third kappa shape index (κ3) is 2.60. The molecule has 6 nitrogen and oxygen atoms in total. The number of rotatable bonds is 2. The quantitative estimate of drug-likeness (QED) is 0.851. The number of amides is 1. The summed E-state index contributed by atoms with van der Waals surface area (Å²) in [6.07, 6.45) is 3.16. The van der Waals surface area contributed by atoms with E-state index in [4.69, 9.17) is 5.11 Å². The fraction of sp³-hybridized carbons (Fsp3) is 0.444.